The van der Waals surface area contributed by atoms with Crippen molar-refractivity contribution in [2.75, 3.05) is 119 Å². The van der Waals surface area contributed by atoms with Gasteiger partial charge in [-0.15, -0.1) is 8.78 Å². The van der Waals surface area contributed by atoms with Gasteiger partial charge in [0.05, 0.1) is 85.9 Å². The van der Waals surface area contributed by atoms with Gasteiger partial charge in [-0.25, -0.2) is 9.47 Å². The summed E-state index contributed by atoms with van der Waals surface area (Å²) in [6.45, 7) is -3.99. The van der Waals surface area contributed by atoms with Crippen molar-refractivity contribution in [3.05, 3.63) is 0 Å². The van der Waals surface area contributed by atoms with Crippen molar-refractivity contribution in [3.63, 3.8) is 0 Å². The fourth-order valence-electron chi connectivity index (χ4n) is 3.85. The molecule has 0 spiro atoms. The minimum atomic E-state index is -5.48. The number of alkyl halides is 6. The third kappa shape index (κ3) is 25.0. The topological polar surface area (TPSA) is 187 Å². The summed E-state index contributed by atoms with van der Waals surface area (Å²) in [6, 6.07) is 0. The zero-order chi connectivity index (χ0) is 35.9. The van der Waals surface area contributed by atoms with Gasteiger partial charge in [0, 0.05) is 6.54 Å². The van der Waals surface area contributed by atoms with Crippen LogP contribution in [0, 0.1) is 0 Å². The number of rotatable bonds is 32. The molecule has 15 nitrogen and oxygen atoms in total. The van der Waals surface area contributed by atoms with E-state index in [1.54, 1.807) is 0 Å². The predicted molar refractivity (Wildman–Crippen MR) is 150 cm³/mol. The maximum Gasteiger partial charge on any atom is 0.495 e. The molecule has 1 rings (SSSR count). The average Bonchev–Trinajstić information content (AvgIpc) is 3.49. The van der Waals surface area contributed by atoms with Gasteiger partial charge in [0.15, 0.2) is 0 Å². The SMILES string of the molecule is OCCOCC(O)COCC(O)COCC(F)(F)OC(F)(F)OC(F)(F)COCCOCC(O)COCC(O)COCCN1CCCC1. The predicted octanol–water partition coefficient (Wildman–Crippen LogP) is -0.597. The van der Waals surface area contributed by atoms with Gasteiger partial charge in [0.25, 0.3) is 0 Å². The lowest BCUT2D eigenvalue weighted by molar-refractivity contribution is -0.518. The molecule has 0 saturated carbocycles. The minimum absolute atomic E-state index is 0.0243. The smallest absolute Gasteiger partial charge is 0.394 e. The van der Waals surface area contributed by atoms with Crippen LogP contribution in [0.2, 0.25) is 0 Å². The van der Waals surface area contributed by atoms with Crippen LogP contribution in [0.4, 0.5) is 26.3 Å². The molecule has 0 aromatic rings. The van der Waals surface area contributed by atoms with Gasteiger partial charge >= 0.3 is 18.5 Å². The average molecular weight is 726 g/mol. The summed E-state index contributed by atoms with van der Waals surface area (Å²) >= 11 is 0. The van der Waals surface area contributed by atoms with Crippen LogP contribution >= 0.6 is 0 Å². The van der Waals surface area contributed by atoms with Gasteiger partial charge in [0.1, 0.15) is 37.6 Å². The first kappa shape index (κ1) is 45.0. The molecule has 21 heteroatoms. The highest BCUT2D eigenvalue weighted by Crippen LogP contribution is 2.33. The molecule has 48 heavy (non-hydrogen) atoms. The third-order valence-corrected chi connectivity index (χ3v) is 5.92. The highest BCUT2D eigenvalue weighted by molar-refractivity contribution is 4.65. The first-order chi connectivity index (χ1) is 22.6. The van der Waals surface area contributed by atoms with Crippen molar-refractivity contribution in [2.24, 2.45) is 0 Å². The Morgan fingerprint density at radius 3 is 1.35 bits per heavy atom. The molecule has 1 aliphatic rings. The van der Waals surface area contributed by atoms with E-state index in [9.17, 15) is 46.8 Å². The van der Waals surface area contributed by atoms with E-state index in [1.165, 1.54) is 0 Å². The summed E-state index contributed by atoms with van der Waals surface area (Å²) in [7, 11) is 0. The largest absolute Gasteiger partial charge is 0.495 e. The Morgan fingerprint density at radius 2 is 0.875 bits per heavy atom. The zero-order valence-electron chi connectivity index (χ0n) is 26.6. The van der Waals surface area contributed by atoms with Crippen molar-refractivity contribution in [1.29, 1.82) is 0 Å². The lowest BCUT2D eigenvalue weighted by Crippen LogP contribution is -2.44. The molecule has 0 amide bonds. The van der Waals surface area contributed by atoms with Crippen LogP contribution in [0.25, 0.3) is 0 Å². The van der Waals surface area contributed by atoms with E-state index >= 15 is 0 Å². The number of nitrogens with zero attached hydrogens (tertiary/aromatic N) is 1. The van der Waals surface area contributed by atoms with Crippen molar-refractivity contribution >= 4 is 0 Å². The van der Waals surface area contributed by atoms with Crippen LogP contribution in [0.5, 0.6) is 0 Å². The van der Waals surface area contributed by atoms with E-state index in [2.05, 4.69) is 23.8 Å². The molecular weight excluding hydrogens is 676 g/mol. The molecule has 0 aliphatic carbocycles. The molecule has 4 unspecified atom stereocenters. The first-order valence-electron chi connectivity index (χ1n) is 15.3. The van der Waals surface area contributed by atoms with Gasteiger partial charge in [-0.2, -0.15) is 17.6 Å². The molecule has 0 aromatic heterocycles. The van der Waals surface area contributed by atoms with Gasteiger partial charge in [0.2, 0.25) is 0 Å². The molecule has 288 valence electrons. The van der Waals surface area contributed by atoms with Crippen molar-refractivity contribution in [3.8, 4) is 0 Å². The molecule has 0 radical (unpaired) electrons. The second kappa shape index (κ2) is 25.0. The van der Waals surface area contributed by atoms with Crippen LogP contribution in [-0.2, 0) is 42.6 Å². The highest BCUT2D eigenvalue weighted by Gasteiger charge is 2.52. The van der Waals surface area contributed by atoms with E-state index < -0.39 is 76.0 Å². The van der Waals surface area contributed by atoms with Crippen molar-refractivity contribution in [2.45, 2.75) is 55.8 Å². The van der Waals surface area contributed by atoms with Gasteiger partial charge in [-0.05, 0) is 25.9 Å². The molecule has 4 atom stereocenters. The first-order valence-corrected chi connectivity index (χ1v) is 15.3. The fraction of sp³-hybridized carbons (Fsp3) is 1.00. The number of hydrogen-bond donors (Lipinski definition) is 5. The number of aliphatic hydroxyl groups excluding tert-OH is 5. The second-order valence-corrected chi connectivity index (χ2v) is 10.7. The fourth-order valence-corrected chi connectivity index (χ4v) is 3.85. The van der Waals surface area contributed by atoms with E-state index in [-0.39, 0.29) is 59.5 Å². The van der Waals surface area contributed by atoms with E-state index in [0.717, 1.165) is 32.5 Å². The number of ether oxygens (including phenoxy) is 9. The maximum absolute atomic E-state index is 13.7. The van der Waals surface area contributed by atoms with Gasteiger partial charge < -0.3 is 63.6 Å². The summed E-state index contributed by atoms with van der Waals surface area (Å²) in [4.78, 5) is 2.26. The summed E-state index contributed by atoms with van der Waals surface area (Å²) in [6.07, 6.45) is -17.4. The summed E-state index contributed by atoms with van der Waals surface area (Å²) in [5.74, 6) is 0. The third-order valence-electron chi connectivity index (χ3n) is 5.92. The maximum atomic E-state index is 13.7. The number of aliphatic hydroxyl groups is 5. The normalized spacial score (nSPS) is 17.6. The summed E-state index contributed by atoms with van der Waals surface area (Å²) in [5, 5.41) is 47.3. The van der Waals surface area contributed by atoms with Crippen molar-refractivity contribution in [1.82, 2.24) is 4.90 Å². The lowest BCUT2D eigenvalue weighted by atomic mass is 10.4. The molecular formula is C27H49F6NO14. The molecule has 1 heterocycles. The molecule has 1 fully saturated rings. The Balaban J connectivity index is 2.12. The van der Waals surface area contributed by atoms with Crippen LogP contribution in [0.15, 0.2) is 0 Å². The second-order valence-electron chi connectivity index (χ2n) is 10.7. The summed E-state index contributed by atoms with van der Waals surface area (Å²) in [5.41, 5.74) is 0. The highest BCUT2D eigenvalue weighted by atomic mass is 19.3. The Hall–Kier alpha value is -1.02. The van der Waals surface area contributed by atoms with Crippen LogP contribution in [0.3, 0.4) is 0 Å². The zero-order valence-corrected chi connectivity index (χ0v) is 26.6. The molecule has 0 aromatic carbocycles. The van der Waals surface area contributed by atoms with Gasteiger partial charge in [-0.3, -0.25) is 0 Å². The number of likely N-dealkylation sites (tertiary alicyclic amines) is 1. The van der Waals surface area contributed by atoms with Crippen LogP contribution in [-0.4, -0.2) is 192 Å². The number of halogens is 6. The Kier molecular flexibility index (Phi) is 23.5. The van der Waals surface area contributed by atoms with Crippen LogP contribution < -0.4 is 0 Å². The molecule has 0 bridgehead atoms. The van der Waals surface area contributed by atoms with Crippen LogP contribution in [0.1, 0.15) is 12.8 Å². The molecule has 5 N–H and O–H groups in total. The van der Waals surface area contributed by atoms with E-state index in [0.29, 0.717) is 6.61 Å². The van der Waals surface area contributed by atoms with E-state index in [1.807, 2.05) is 0 Å². The Morgan fingerprint density at radius 1 is 0.500 bits per heavy atom. The molecule has 1 saturated heterocycles. The molecule has 1 aliphatic heterocycles. The minimum Gasteiger partial charge on any atom is -0.394 e. The Bertz CT molecular complexity index is 791. The van der Waals surface area contributed by atoms with Gasteiger partial charge in [-0.1, -0.05) is 0 Å². The van der Waals surface area contributed by atoms with E-state index in [4.69, 9.17) is 28.8 Å². The Labute approximate surface area is 274 Å². The monoisotopic (exact) mass is 725 g/mol. The van der Waals surface area contributed by atoms with Crippen molar-refractivity contribution < 1.29 is 94.5 Å². The number of hydrogen-bond acceptors (Lipinski definition) is 15. The lowest BCUT2D eigenvalue weighted by Gasteiger charge is -2.26. The quantitative estimate of drug-likeness (QED) is 0.0336. The standard InChI is InChI=1S/C27H49F6NO14/c28-25(29,19-43-10-9-42-13-23(38)16-44-14-21(36)11-40-7-5-34-3-1-2-4-34)47-27(32,33)48-26(30,31)20-46-18-24(39)17-45-15-22(37)12-41-8-6-35/h21-24,35-39H,1-20H2. The summed E-state index contributed by atoms with van der Waals surface area (Å²) < 4.78 is 122.